The Morgan fingerprint density at radius 2 is 2.15 bits per heavy atom. The van der Waals surface area contributed by atoms with Gasteiger partial charge < -0.3 is 20.7 Å². The first-order valence-corrected chi connectivity index (χ1v) is 8.52. The Bertz CT molecular complexity index is 792. The molecule has 1 saturated heterocycles. The van der Waals surface area contributed by atoms with Crippen LogP contribution in [0.4, 0.5) is 11.5 Å². The molecule has 1 atom stereocenters. The molecule has 2 aromatic rings. The molecule has 1 unspecified atom stereocenters. The molecule has 0 bridgehead atoms. The largest absolute Gasteiger partial charge is 0.497 e. The Labute approximate surface area is 152 Å². The number of nitrogens with one attached hydrogen (secondary N) is 1. The monoisotopic (exact) mass is 354 g/mol. The van der Waals surface area contributed by atoms with Crippen molar-refractivity contribution in [2.24, 2.45) is 11.7 Å². The van der Waals surface area contributed by atoms with Gasteiger partial charge in [0.05, 0.1) is 24.9 Å². The number of nitrogens with zero attached hydrogens (tertiary/aromatic N) is 2. The standard InChI is InChI=1S/C19H22N4O3/c1-26-16-6-2-4-13(10-16)19(25)22-15-7-8-17(21-11-15)23-9-3-5-14(12-23)18(20)24/h2,4,6-8,10-11,14H,3,5,9,12H2,1H3,(H2,20,24)(H,22,25). The number of nitrogens with two attached hydrogens (primary N) is 1. The van der Waals surface area contributed by atoms with Crippen LogP contribution in [-0.2, 0) is 4.79 Å². The number of carbonyl (C=O) groups excluding carboxylic acids is 2. The van der Waals surface area contributed by atoms with Crippen molar-refractivity contribution in [2.45, 2.75) is 12.8 Å². The van der Waals surface area contributed by atoms with Crippen LogP contribution < -0.4 is 20.7 Å². The lowest BCUT2D eigenvalue weighted by molar-refractivity contribution is -0.122. The third-order valence-electron chi connectivity index (χ3n) is 4.49. The highest BCUT2D eigenvalue weighted by atomic mass is 16.5. The SMILES string of the molecule is COc1cccc(C(=O)Nc2ccc(N3CCCC(C(N)=O)C3)nc2)c1. The number of amides is 2. The first-order chi connectivity index (χ1) is 12.6. The predicted molar refractivity (Wildman–Crippen MR) is 99.3 cm³/mol. The number of pyridine rings is 1. The minimum Gasteiger partial charge on any atom is -0.497 e. The summed E-state index contributed by atoms with van der Waals surface area (Å²) in [7, 11) is 1.56. The van der Waals surface area contributed by atoms with Crippen LogP contribution in [0.5, 0.6) is 5.75 Å². The molecule has 1 aromatic carbocycles. The molecular weight excluding hydrogens is 332 g/mol. The summed E-state index contributed by atoms with van der Waals surface area (Å²) in [5.41, 5.74) is 6.53. The number of carbonyl (C=O) groups is 2. The molecule has 1 fully saturated rings. The van der Waals surface area contributed by atoms with Gasteiger partial charge in [0.25, 0.3) is 5.91 Å². The lowest BCUT2D eigenvalue weighted by Crippen LogP contribution is -2.41. The van der Waals surface area contributed by atoms with Crippen molar-refractivity contribution in [1.82, 2.24) is 4.98 Å². The number of primary amides is 1. The topological polar surface area (TPSA) is 97.5 Å². The molecule has 7 nitrogen and oxygen atoms in total. The summed E-state index contributed by atoms with van der Waals surface area (Å²) in [5.74, 6) is 0.760. The molecule has 3 rings (SSSR count). The minimum atomic E-state index is -0.267. The van der Waals surface area contributed by atoms with E-state index in [0.717, 1.165) is 25.2 Å². The van der Waals surface area contributed by atoms with E-state index in [1.54, 1.807) is 43.6 Å². The molecule has 7 heteroatoms. The number of piperidine rings is 1. The Kier molecular flexibility index (Phi) is 5.36. The lowest BCUT2D eigenvalue weighted by Gasteiger charge is -2.32. The summed E-state index contributed by atoms with van der Waals surface area (Å²) >= 11 is 0. The van der Waals surface area contributed by atoms with E-state index in [2.05, 4.69) is 10.3 Å². The molecule has 0 radical (unpaired) electrons. The average Bonchev–Trinajstić information content (AvgIpc) is 2.68. The second-order valence-electron chi connectivity index (χ2n) is 6.28. The van der Waals surface area contributed by atoms with Gasteiger partial charge in [-0.05, 0) is 43.2 Å². The lowest BCUT2D eigenvalue weighted by atomic mass is 9.97. The highest BCUT2D eigenvalue weighted by molar-refractivity contribution is 6.04. The number of ether oxygens (including phenoxy) is 1. The van der Waals surface area contributed by atoms with Gasteiger partial charge in [-0.1, -0.05) is 6.07 Å². The predicted octanol–water partition coefficient (Wildman–Crippen LogP) is 2.04. The first-order valence-electron chi connectivity index (χ1n) is 8.52. The summed E-state index contributed by atoms with van der Waals surface area (Å²) in [6.45, 7) is 1.42. The van der Waals surface area contributed by atoms with E-state index < -0.39 is 0 Å². The quantitative estimate of drug-likeness (QED) is 0.856. The van der Waals surface area contributed by atoms with Crippen LogP contribution in [0.1, 0.15) is 23.2 Å². The number of methoxy groups -OCH3 is 1. The van der Waals surface area contributed by atoms with Gasteiger partial charge in [-0.25, -0.2) is 4.98 Å². The summed E-state index contributed by atoms with van der Waals surface area (Å²) < 4.78 is 5.13. The fourth-order valence-electron chi connectivity index (χ4n) is 3.03. The van der Waals surface area contributed by atoms with E-state index >= 15 is 0 Å². The molecule has 0 aliphatic carbocycles. The van der Waals surface area contributed by atoms with Gasteiger partial charge in [0.2, 0.25) is 5.91 Å². The molecule has 1 aliphatic rings. The summed E-state index contributed by atoms with van der Waals surface area (Å²) in [6, 6.07) is 10.6. The van der Waals surface area contributed by atoms with Crippen molar-refractivity contribution >= 4 is 23.3 Å². The fourth-order valence-corrected chi connectivity index (χ4v) is 3.03. The van der Waals surface area contributed by atoms with E-state index in [9.17, 15) is 9.59 Å². The van der Waals surface area contributed by atoms with Crippen LogP contribution in [0.15, 0.2) is 42.6 Å². The number of aromatic nitrogens is 1. The Morgan fingerprint density at radius 3 is 2.85 bits per heavy atom. The van der Waals surface area contributed by atoms with E-state index in [1.807, 2.05) is 11.0 Å². The molecule has 0 saturated carbocycles. The normalized spacial score (nSPS) is 16.8. The first kappa shape index (κ1) is 17.7. The summed E-state index contributed by atoms with van der Waals surface area (Å²) in [5, 5.41) is 2.82. The second-order valence-corrected chi connectivity index (χ2v) is 6.28. The Hall–Kier alpha value is -3.09. The zero-order valence-corrected chi connectivity index (χ0v) is 14.6. The zero-order valence-electron chi connectivity index (χ0n) is 14.6. The van der Waals surface area contributed by atoms with Crippen molar-refractivity contribution in [1.29, 1.82) is 0 Å². The van der Waals surface area contributed by atoms with Crippen LogP contribution in [0.25, 0.3) is 0 Å². The van der Waals surface area contributed by atoms with Crippen molar-refractivity contribution in [3.63, 3.8) is 0 Å². The number of rotatable bonds is 5. The smallest absolute Gasteiger partial charge is 0.255 e. The molecule has 1 aliphatic heterocycles. The summed E-state index contributed by atoms with van der Waals surface area (Å²) in [6.07, 6.45) is 3.34. The molecule has 26 heavy (non-hydrogen) atoms. The van der Waals surface area contributed by atoms with Crippen LogP contribution >= 0.6 is 0 Å². The van der Waals surface area contributed by atoms with Gasteiger partial charge in [-0.3, -0.25) is 9.59 Å². The molecule has 2 heterocycles. The van der Waals surface area contributed by atoms with Crippen LogP contribution in [0.3, 0.4) is 0 Å². The minimum absolute atomic E-state index is 0.141. The van der Waals surface area contributed by atoms with E-state index in [-0.39, 0.29) is 17.7 Å². The molecule has 2 amide bonds. The van der Waals surface area contributed by atoms with Crippen molar-refractivity contribution in [3.05, 3.63) is 48.2 Å². The number of benzene rings is 1. The van der Waals surface area contributed by atoms with E-state index in [4.69, 9.17) is 10.5 Å². The number of anilines is 2. The maximum Gasteiger partial charge on any atom is 0.255 e. The van der Waals surface area contributed by atoms with Gasteiger partial charge in [0.15, 0.2) is 0 Å². The van der Waals surface area contributed by atoms with E-state index in [0.29, 0.717) is 23.5 Å². The summed E-state index contributed by atoms with van der Waals surface area (Å²) in [4.78, 5) is 30.2. The molecule has 0 spiro atoms. The van der Waals surface area contributed by atoms with Crippen LogP contribution in [0, 0.1) is 5.92 Å². The van der Waals surface area contributed by atoms with Gasteiger partial charge in [-0.2, -0.15) is 0 Å². The zero-order chi connectivity index (χ0) is 18.5. The Balaban J connectivity index is 1.65. The number of hydrogen-bond acceptors (Lipinski definition) is 5. The molecule has 1 aromatic heterocycles. The van der Waals surface area contributed by atoms with Crippen LogP contribution in [0.2, 0.25) is 0 Å². The van der Waals surface area contributed by atoms with Gasteiger partial charge in [-0.15, -0.1) is 0 Å². The van der Waals surface area contributed by atoms with Gasteiger partial charge in [0, 0.05) is 18.7 Å². The third-order valence-corrected chi connectivity index (χ3v) is 4.49. The highest BCUT2D eigenvalue weighted by Crippen LogP contribution is 2.22. The van der Waals surface area contributed by atoms with Gasteiger partial charge in [0.1, 0.15) is 11.6 Å². The van der Waals surface area contributed by atoms with Crippen LogP contribution in [-0.4, -0.2) is 37.0 Å². The van der Waals surface area contributed by atoms with Crippen molar-refractivity contribution in [3.8, 4) is 5.75 Å². The fraction of sp³-hybridized carbons (Fsp3) is 0.316. The van der Waals surface area contributed by atoms with Crippen molar-refractivity contribution in [2.75, 3.05) is 30.4 Å². The molecule has 136 valence electrons. The third kappa shape index (κ3) is 4.11. The average molecular weight is 354 g/mol. The molecular formula is C19H22N4O3. The second kappa shape index (κ2) is 7.86. The highest BCUT2D eigenvalue weighted by Gasteiger charge is 2.24. The Morgan fingerprint density at radius 1 is 1.31 bits per heavy atom. The maximum atomic E-state index is 12.3. The molecule has 3 N–H and O–H groups in total. The van der Waals surface area contributed by atoms with E-state index in [1.165, 1.54) is 0 Å². The number of hydrogen-bond donors (Lipinski definition) is 2. The maximum absolute atomic E-state index is 12.3. The van der Waals surface area contributed by atoms with Crippen molar-refractivity contribution < 1.29 is 14.3 Å². The van der Waals surface area contributed by atoms with Gasteiger partial charge >= 0.3 is 0 Å².